The number of aryl methyl sites for hydroxylation is 1. The Labute approximate surface area is 231 Å². The summed E-state index contributed by atoms with van der Waals surface area (Å²) in [6.07, 6.45) is 1.73. The molecule has 0 unspecified atom stereocenters. The summed E-state index contributed by atoms with van der Waals surface area (Å²) >= 11 is 21.0. The van der Waals surface area contributed by atoms with Gasteiger partial charge in [-0.15, -0.1) is 28.1 Å². The number of aromatic nitrogens is 4. The van der Waals surface area contributed by atoms with Crippen LogP contribution in [0.15, 0.2) is 59.6 Å². The summed E-state index contributed by atoms with van der Waals surface area (Å²) in [5, 5.41) is 15.7. The van der Waals surface area contributed by atoms with Gasteiger partial charge in [-0.2, -0.15) is 0 Å². The second-order valence-electron chi connectivity index (χ2n) is 7.52. The number of amides is 1. The first-order valence-electron chi connectivity index (χ1n) is 10.6. The van der Waals surface area contributed by atoms with Crippen LogP contribution in [-0.4, -0.2) is 31.4 Å². The Morgan fingerprint density at radius 1 is 1.19 bits per heavy atom. The fourth-order valence-corrected chi connectivity index (χ4v) is 5.32. The van der Waals surface area contributed by atoms with Crippen molar-refractivity contribution in [1.29, 1.82) is 0 Å². The van der Waals surface area contributed by atoms with Crippen molar-refractivity contribution in [2.45, 2.75) is 25.2 Å². The Bertz CT molecular complexity index is 1410. The smallest absolute Gasteiger partial charge is 0.236 e. The molecule has 0 aliphatic rings. The summed E-state index contributed by atoms with van der Waals surface area (Å²) in [4.78, 5) is 17.0. The van der Waals surface area contributed by atoms with Crippen LogP contribution in [0.3, 0.4) is 0 Å². The summed E-state index contributed by atoms with van der Waals surface area (Å²) < 4.78 is 7.71. The third kappa shape index (κ3) is 6.60. The second-order valence-corrected chi connectivity index (χ2v) is 10.6. The van der Waals surface area contributed by atoms with Crippen molar-refractivity contribution in [2.24, 2.45) is 0 Å². The number of hydrogen-bond donors (Lipinski definition) is 1. The predicted octanol–water partition coefficient (Wildman–Crippen LogP) is 7.17. The lowest BCUT2D eigenvalue weighted by Gasteiger charge is -2.10. The number of carbonyl (C=O) groups excluding carboxylic acids is 1. The molecule has 0 atom stereocenters. The van der Waals surface area contributed by atoms with Gasteiger partial charge in [-0.1, -0.05) is 58.7 Å². The van der Waals surface area contributed by atoms with E-state index < -0.39 is 0 Å². The first-order valence-corrected chi connectivity index (χ1v) is 13.6. The molecule has 0 radical (unpaired) electrons. The first-order chi connectivity index (χ1) is 17.3. The highest BCUT2D eigenvalue weighted by molar-refractivity contribution is 7.99. The highest BCUT2D eigenvalue weighted by atomic mass is 35.5. The van der Waals surface area contributed by atoms with Gasteiger partial charge >= 0.3 is 0 Å². The normalized spacial score (nSPS) is 10.9. The molecule has 4 aromatic rings. The molecule has 2 aromatic carbocycles. The largest absolute Gasteiger partial charge is 0.484 e. The Kier molecular flexibility index (Phi) is 8.92. The number of carbonyl (C=O) groups is 1. The summed E-state index contributed by atoms with van der Waals surface area (Å²) in [6.45, 7) is 6.40. The van der Waals surface area contributed by atoms with Crippen LogP contribution < -0.4 is 10.1 Å². The zero-order valence-electron chi connectivity index (χ0n) is 19.0. The van der Waals surface area contributed by atoms with E-state index in [0.29, 0.717) is 49.2 Å². The van der Waals surface area contributed by atoms with Gasteiger partial charge in [0.05, 0.1) is 21.5 Å². The van der Waals surface area contributed by atoms with Crippen LogP contribution in [0, 0.1) is 6.92 Å². The summed E-state index contributed by atoms with van der Waals surface area (Å²) in [6, 6.07) is 10.7. The molecule has 1 amide bonds. The van der Waals surface area contributed by atoms with E-state index >= 15 is 0 Å². The lowest BCUT2D eigenvalue weighted by molar-refractivity contribution is -0.113. The van der Waals surface area contributed by atoms with E-state index in [-0.39, 0.29) is 18.3 Å². The molecule has 0 fully saturated rings. The number of thioether (sulfide) groups is 1. The van der Waals surface area contributed by atoms with Crippen molar-refractivity contribution >= 4 is 68.9 Å². The van der Waals surface area contributed by atoms with E-state index in [4.69, 9.17) is 39.5 Å². The molecule has 36 heavy (non-hydrogen) atoms. The van der Waals surface area contributed by atoms with Crippen LogP contribution in [0.25, 0.3) is 11.3 Å². The van der Waals surface area contributed by atoms with Gasteiger partial charge < -0.3 is 10.1 Å². The summed E-state index contributed by atoms with van der Waals surface area (Å²) in [5.41, 5.74) is 2.44. The second kappa shape index (κ2) is 12.1. The average Bonchev–Trinajstić information content (AvgIpc) is 3.45. The third-order valence-electron chi connectivity index (χ3n) is 4.84. The topological polar surface area (TPSA) is 81.9 Å². The number of nitrogens with zero attached hydrogens (tertiary/aromatic N) is 4. The Hall–Kier alpha value is -2.56. The van der Waals surface area contributed by atoms with Crippen LogP contribution in [0.5, 0.6) is 5.75 Å². The highest BCUT2D eigenvalue weighted by Gasteiger charge is 2.16. The van der Waals surface area contributed by atoms with Gasteiger partial charge in [0.2, 0.25) is 5.91 Å². The number of nitrogens with one attached hydrogen (secondary N) is 1. The van der Waals surface area contributed by atoms with Crippen LogP contribution >= 0.6 is 57.9 Å². The van der Waals surface area contributed by atoms with E-state index in [1.165, 1.54) is 23.1 Å². The van der Waals surface area contributed by atoms with Crippen molar-refractivity contribution < 1.29 is 9.53 Å². The maximum atomic E-state index is 12.6. The average molecular weight is 581 g/mol. The molecule has 0 aliphatic carbocycles. The lowest BCUT2D eigenvalue weighted by Crippen LogP contribution is -2.15. The molecule has 186 valence electrons. The molecule has 0 saturated carbocycles. The summed E-state index contributed by atoms with van der Waals surface area (Å²) in [7, 11) is 0. The van der Waals surface area contributed by atoms with Crippen molar-refractivity contribution in [3.05, 3.63) is 80.9 Å². The highest BCUT2D eigenvalue weighted by Crippen LogP contribution is 2.32. The van der Waals surface area contributed by atoms with E-state index in [0.717, 1.165) is 11.1 Å². The number of rotatable bonds is 10. The zero-order chi connectivity index (χ0) is 25.7. The number of thiazole rings is 1. The maximum absolute atomic E-state index is 12.6. The minimum absolute atomic E-state index is 0.121. The maximum Gasteiger partial charge on any atom is 0.236 e. The van der Waals surface area contributed by atoms with Crippen LogP contribution in [0.1, 0.15) is 11.4 Å². The van der Waals surface area contributed by atoms with Crippen LogP contribution in [0.2, 0.25) is 15.1 Å². The SMILES string of the molecule is C=CCn1c(COc2cc(C)ccc2Cl)nnc1SCC(=O)Nc1nc(-c2ccc(Cl)cc2Cl)cs1. The number of halogens is 3. The Balaban J connectivity index is 1.37. The fourth-order valence-electron chi connectivity index (χ4n) is 3.15. The van der Waals surface area contributed by atoms with Crippen LogP contribution in [0.4, 0.5) is 5.13 Å². The number of anilines is 1. The monoisotopic (exact) mass is 579 g/mol. The van der Waals surface area contributed by atoms with Crippen molar-refractivity contribution in [3.63, 3.8) is 0 Å². The summed E-state index contributed by atoms with van der Waals surface area (Å²) in [5.74, 6) is 1.07. The van der Waals surface area contributed by atoms with Crippen LogP contribution in [-0.2, 0) is 17.9 Å². The van der Waals surface area contributed by atoms with E-state index in [2.05, 4.69) is 27.1 Å². The molecular formula is C24H20Cl3N5O2S2. The molecule has 2 heterocycles. The van der Waals surface area contributed by atoms with E-state index in [1.54, 1.807) is 30.3 Å². The van der Waals surface area contributed by atoms with Gasteiger partial charge in [0, 0.05) is 22.5 Å². The number of benzene rings is 2. The predicted molar refractivity (Wildman–Crippen MR) is 148 cm³/mol. The third-order valence-corrected chi connectivity index (χ3v) is 7.42. The minimum Gasteiger partial charge on any atom is -0.484 e. The van der Waals surface area contributed by atoms with E-state index in [1.807, 2.05) is 29.0 Å². The van der Waals surface area contributed by atoms with Gasteiger partial charge in [0.15, 0.2) is 16.1 Å². The first kappa shape index (κ1) is 26.5. The van der Waals surface area contributed by atoms with E-state index in [9.17, 15) is 4.79 Å². The molecule has 7 nitrogen and oxygen atoms in total. The zero-order valence-corrected chi connectivity index (χ0v) is 22.9. The quantitative estimate of drug-likeness (QED) is 0.158. The molecule has 0 saturated heterocycles. The number of hydrogen-bond acceptors (Lipinski definition) is 7. The number of ether oxygens (including phenoxy) is 1. The fraction of sp³-hybridized carbons (Fsp3) is 0.167. The van der Waals surface area contributed by atoms with Gasteiger partial charge in [-0.3, -0.25) is 9.36 Å². The minimum atomic E-state index is -0.222. The van der Waals surface area contributed by atoms with Gasteiger partial charge in [-0.25, -0.2) is 4.98 Å². The van der Waals surface area contributed by atoms with Gasteiger partial charge in [0.25, 0.3) is 0 Å². The van der Waals surface area contributed by atoms with Gasteiger partial charge in [-0.05, 0) is 42.8 Å². The molecule has 0 spiro atoms. The standard InChI is InChI=1S/C24H20Cl3N5O2S2/c1-3-8-32-21(11-34-20-9-14(2)4-7-17(20)26)30-31-24(32)36-13-22(33)29-23-28-19(12-35-23)16-6-5-15(25)10-18(16)27/h3-7,9-10,12H,1,8,11,13H2,2H3,(H,28,29,33). The molecule has 0 bridgehead atoms. The molecule has 4 rings (SSSR count). The molecule has 2 aromatic heterocycles. The van der Waals surface area contributed by atoms with Crippen molar-refractivity contribution in [3.8, 4) is 17.0 Å². The number of allylic oxidation sites excluding steroid dienone is 1. The van der Waals surface area contributed by atoms with Gasteiger partial charge in [0.1, 0.15) is 12.4 Å². The lowest BCUT2D eigenvalue weighted by atomic mass is 10.2. The van der Waals surface area contributed by atoms with Crippen molar-refractivity contribution in [1.82, 2.24) is 19.7 Å². The van der Waals surface area contributed by atoms with Crippen molar-refractivity contribution in [2.75, 3.05) is 11.1 Å². The molecular weight excluding hydrogens is 561 g/mol. The molecule has 1 N–H and O–H groups in total. The molecule has 12 heteroatoms. The Morgan fingerprint density at radius 3 is 2.81 bits per heavy atom. The molecule has 0 aliphatic heterocycles. The Morgan fingerprint density at radius 2 is 2.03 bits per heavy atom.